The number of nitrogens with one attached hydrogen (secondary N) is 1. The lowest BCUT2D eigenvalue weighted by molar-refractivity contribution is 0.0697. The highest BCUT2D eigenvalue weighted by molar-refractivity contribution is 7.14. The first-order chi connectivity index (χ1) is 11.0. The van der Waals surface area contributed by atoms with Gasteiger partial charge in [0.05, 0.1) is 11.3 Å². The molecule has 1 heterocycles. The Kier molecular flexibility index (Phi) is 4.03. The second kappa shape index (κ2) is 6.13. The lowest BCUT2D eigenvalue weighted by Gasteiger charge is -2.03. The van der Waals surface area contributed by atoms with Gasteiger partial charge < -0.3 is 10.4 Å². The zero-order valence-corrected chi connectivity index (χ0v) is 12.4. The standard InChI is InChI=1S/C16H10F2N2O2S/c17-11-5-12(18)7-13(6-11)19-16-20-14(8-23-16)9-2-1-3-10(4-9)15(21)22/h1-8H,(H,19,20)(H,21,22). The van der Waals surface area contributed by atoms with Crippen molar-refractivity contribution in [3.05, 3.63) is 65.0 Å². The van der Waals surface area contributed by atoms with Gasteiger partial charge in [-0.2, -0.15) is 0 Å². The van der Waals surface area contributed by atoms with Crippen molar-refractivity contribution in [2.75, 3.05) is 5.32 Å². The van der Waals surface area contributed by atoms with Gasteiger partial charge in [0.2, 0.25) is 0 Å². The number of hydrogen-bond donors (Lipinski definition) is 2. The average Bonchev–Trinajstić information content (AvgIpc) is 2.95. The van der Waals surface area contributed by atoms with Crippen LogP contribution in [0.2, 0.25) is 0 Å². The van der Waals surface area contributed by atoms with Gasteiger partial charge in [-0.05, 0) is 24.3 Å². The van der Waals surface area contributed by atoms with E-state index in [1.807, 2.05) is 0 Å². The molecule has 1 aromatic heterocycles. The van der Waals surface area contributed by atoms with Crippen molar-refractivity contribution >= 4 is 28.1 Å². The minimum Gasteiger partial charge on any atom is -0.478 e. The van der Waals surface area contributed by atoms with Crippen LogP contribution in [0.3, 0.4) is 0 Å². The van der Waals surface area contributed by atoms with E-state index in [-0.39, 0.29) is 11.3 Å². The van der Waals surface area contributed by atoms with Gasteiger partial charge >= 0.3 is 5.97 Å². The summed E-state index contributed by atoms with van der Waals surface area (Å²) < 4.78 is 26.3. The van der Waals surface area contributed by atoms with Crippen molar-refractivity contribution in [1.29, 1.82) is 0 Å². The van der Waals surface area contributed by atoms with Gasteiger partial charge in [0.15, 0.2) is 5.13 Å². The second-order valence-corrected chi connectivity index (χ2v) is 5.57. The molecule has 0 aliphatic heterocycles. The Hall–Kier alpha value is -2.80. The number of carbonyl (C=O) groups is 1. The fourth-order valence-corrected chi connectivity index (χ4v) is 2.76. The molecule has 3 aromatic rings. The second-order valence-electron chi connectivity index (χ2n) is 4.71. The summed E-state index contributed by atoms with van der Waals surface area (Å²) in [5.41, 5.74) is 1.65. The van der Waals surface area contributed by atoms with E-state index < -0.39 is 17.6 Å². The van der Waals surface area contributed by atoms with E-state index in [4.69, 9.17) is 5.11 Å². The third kappa shape index (κ3) is 3.51. The van der Waals surface area contributed by atoms with Crippen molar-refractivity contribution in [2.45, 2.75) is 0 Å². The Labute approximate surface area is 134 Å². The molecule has 4 nitrogen and oxygen atoms in total. The van der Waals surface area contributed by atoms with E-state index in [9.17, 15) is 13.6 Å². The van der Waals surface area contributed by atoms with Crippen LogP contribution in [-0.2, 0) is 0 Å². The van der Waals surface area contributed by atoms with E-state index in [0.29, 0.717) is 16.4 Å². The highest BCUT2D eigenvalue weighted by Crippen LogP contribution is 2.28. The van der Waals surface area contributed by atoms with Crippen LogP contribution in [-0.4, -0.2) is 16.1 Å². The molecule has 0 unspecified atom stereocenters. The van der Waals surface area contributed by atoms with Gasteiger partial charge in [0.25, 0.3) is 0 Å². The molecule has 116 valence electrons. The third-order valence-electron chi connectivity index (χ3n) is 3.02. The molecule has 3 rings (SSSR count). The van der Waals surface area contributed by atoms with Crippen LogP contribution in [0.5, 0.6) is 0 Å². The number of carboxylic acid groups (broad SMARTS) is 1. The Balaban J connectivity index is 1.85. The molecule has 0 radical (unpaired) electrons. The van der Waals surface area contributed by atoms with Gasteiger partial charge in [-0.3, -0.25) is 0 Å². The number of thiazole rings is 1. The fraction of sp³-hybridized carbons (Fsp3) is 0. The number of aromatic nitrogens is 1. The van der Waals surface area contributed by atoms with E-state index in [2.05, 4.69) is 10.3 Å². The molecular weight excluding hydrogens is 322 g/mol. The maximum atomic E-state index is 13.2. The van der Waals surface area contributed by atoms with Gasteiger partial charge in [-0.1, -0.05) is 12.1 Å². The highest BCUT2D eigenvalue weighted by Gasteiger charge is 2.09. The number of carboxylic acids is 1. The number of hydrogen-bond acceptors (Lipinski definition) is 4. The van der Waals surface area contributed by atoms with Crippen LogP contribution < -0.4 is 5.32 Å². The highest BCUT2D eigenvalue weighted by atomic mass is 32.1. The van der Waals surface area contributed by atoms with Crippen molar-refractivity contribution in [3.63, 3.8) is 0 Å². The van der Waals surface area contributed by atoms with Crippen molar-refractivity contribution in [3.8, 4) is 11.3 Å². The topological polar surface area (TPSA) is 62.2 Å². The molecule has 2 N–H and O–H groups in total. The monoisotopic (exact) mass is 332 g/mol. The summed E-state index contributed by atoms with van der Waals surface area (Å²) in [7, 11) is 0. The largest absolute Gasteiger partial charge is 0.478 e. The normalized spacial score (nSPS) is 10.5. The summed E-state index contributed by atoms with van der Waals surface area (Å²) in [5.74, 6) is -2.38. The Bertz CT molecular complexity index is 860. The predicted molar refractivity (Wildman–Crippen MR) is 84.2 cm³/mol. The first kappa shape index (κ1) is 15.1. The number of aromatic carboxylic acids is 1. The van der Waals surface area contributed by atoms with Crippen molar-refractivity contribution in [2.24, 2.45) is 0 Å². The minimum atomic E-state index is -1.02. The summed E-state index contributed by atoms with van der Waals surface area (Å²) in [6, 6.07) is 9.50. The van der Waals surface area contributed by atoms with E-state index in [1.165, 1.54) is 23.5 Å². The van der Waals surface area contributed by atoms with Crippen molar-refractivity contribution in [1.82, 2.24) is 4.98 Å². The Morgan fingerprint density at radius 3 is 2.57 bits per heavy atom. The summed E-state index contributed by atoms with van der Waals surface area (Å²) in [6.07, 6.45) is 0. The first-order valence-corrected chi connectivity index (χ1v) is 7.41. The molecule has 0 bridgehead atoms. The third-order valence-corrected chi connectivity index (χ3v) is 3.78. The predicted octanol–water partition coefficient (Wildman–Crippen LogP) is 4.53. The number of halogens is 2. The van der Waals surface area contributed by atoms with Crippen LogP contribution in [0.25, 0.3) is 11.3 Å². The molecular formula is C16H10F2N2O2S. The number of rotatable bonds is 4. The Morgan fingerprint density at radius 1 is 1.13 bits per heavy atom. The first-order valence-electron chi connectivity index (χ1n) is 6.53. The number of anilines is 2. The summed E-state index contributed by atoms with van der Waals surface area (Å²) in [5, 5.41) is 14.0. The van der Waals surface area contributed by atoms with E-state index in [1.54, 1.807) is 17.5 Å². The molecule has 0 aliphatic carbocycles. The zero-order chi connectivity index (χ0) is 16.4. The molecule has 0 amide bonds. The molecule has 0 saturated heterocycles. The smallest absolute Gasteiger partial charge is 0.335 e. The van der Waals surface area contributed by atoms with Crippen LogP contribution in [0, 0.1) is 11.6 Å². The van der Waals surface area contributed by atoms with Gasteiger partial charge in [0, 0.05) is 22.7 Å². The molecule has 0 spiro atoms. The molecule has 2 aromatic carbocycles. The van der Waals surface area contributed by atoms with Crippen LogP contribution >= 0.6 is 11.3 Å². The average molecular weight is 332 g/mol. The lowest BCUT2D eigenvalue weighted by Crippen LogP contribution is -1.96. The quantitative estimate of drug-likeness (QED) is 0.737. The minimum absolute atomic E-state index is 0.164. The number of nitrogens with zero attached hydrogens (tertiary/aromatic N) is 1. The van der Waals surface area contributed by atoms with Gasteiger partial charge in [-0.15, -0.1) is 11.3 Å². The maximum absolute atomic E-state index is 13.2. The fourth-order valence-electron chi connectivity index (χ4n) is 2.02. The van der Waals surface area contributed by atoms with E-state index >= 15 is 0 Å². The maximum Gasteiger partial charge on any atom is 0.335 e. The van der Waals surface area contributed by atoms with Crippen LogP contribution in [0.1, 0.15) is 10.4 Å². The molecule has 0 atom stereocenters. The molecule has 7 heteroatoms. The van der Waals surface area contributed by atoms with Crippen LogP contribution in [0.4, 0.5) is 19.6 Å². The van der Waals surface area contributed by atoms with Gasteiger partial charge in [0.1, 0.15) is 11.6 Å². The van der Waals surface area contributed by atoms with Crippen molar-refractivity contribution < 1.29 is 18.7 Å². The molecule has 0 saturated carbocycles. The summed E-state index contributed by atoms with van der Waals surface area (Å²) >= 11 is 1.25. The SMILES string of the molecule is O=C(O)c1cccc(-c2csc(Nc3cc(F)cc(F)c3)n2)c1. The molecule has 0 fully saturated rings. The summed E-state index contributed by atoms with van der Waals surface area (Å²) in [4.78, 5) is 15.3. The molecule has 0 aliphatic rings. The van der Waals surface area contributed by atoms with Gasteiger partial charge in [-0.25, -0.2) is 18.6 Å². The molecule has 23 heavy (non-hydrogen) atoms. The van der Waals surface area contributed by atoms with Crippen LogP contribution in [0.15, 0.2) is 47.8 Å². The zero-order valence-electron chi connectivity index (χ0n) is 11.6. The lowest BCUT2D eigenvalue weighted by atomic mass is 10.1. The number of benzene rings is 2. The summed E-state index contributed by atoms with van der Waals surface area (Å²) in [6.45, 7) is 0. The Morgan fingerprint density at radius 2 is 1.87 bits per heavy atom. The van der Waals surface area contributed by atoms with E-state index in [0.717, 1.165) is 18.2 Å².